The minimum Gasteiger partial charge on any atom is -0.395 e. The van der Waals surface area contributed by atoms with E-state index in [0.717, 1.165) is 24.0 Å². The molecule has 3 N–H and O–H groups in total. The fourth-order valence-corrected chi connectivity index (χ4v) is 10.0. The summed E-state index contributed by atoms with van der Waals surface area (Å²) in [5.41, 5.74) is -4.30. The van der Waals surface area contributed by atoms with E-state index in [2.05, 4.69) is 9.80 Å². The van der Waals surface area contributed by atoms with Gasteiger partial charge in [-0.3, -0.25) is 24.3 Å². The highest BCUT2D eigenvalue weighted by molar-refractivity contribution is 5.84. The Morgan fingerprint density at radius 1 is 0.474 bits per heavy atom. The van der Waals surface area contributed by atoms with Gasteiger partial charge in [0, 0.05) is 85.1 Å². The molecule has 0 aromatic heterocycles. The lowest BCUT2D eigenvalue weighted by atomic mass is 9.97. The van der Waals surface area contributed by atoms with Crippen LogP contribution in [-0.2, 0) is 47.1 Å². The Labute approximate surface area is 446 Å². The molecule has 0 spiro atoms. The minimum absolute atomic E-state index is 0.0352. The standard InChI is InChI=1S/C28H35F6N3O3.C27H33F6N3O2/c1-35(10-7-20-17-22(27(29,30)31)19-23(18-20)28(32,33)34)26(40)25(21-5-3-2-4-6-21)37-11-8-24(9-12-37)36(13-15-38)14-16-39;1-34(14-15-37)23-9-12-36(13-10-23)24(20-6-4-3-5-7-20)25(38)35(2)11-8-19-16-21(26(28,29)30)18-22(17-19)27(31,32)33/h2-6,17-19,24-25,38-39H,7-16H2,1H3;3-7,16-18,23-24,37H,8-15H2,1-2H3/t25-;24-/m00/s1. The molecule has 2 amide bonds. The second kappa shape index (κ2) is 28.2. The van der Waals surface area contributed by atoms with Gasteiger partial charge in [0.2, 0.25) is 11.8 Å². The van der Waals surface area contributed by atoms with E-state index in [0.29, 0.717) is 82.9 Å². The lowest BCUT2D eigenvalue weighted by molar-refractivity contribution is -0.144. The molecule has 6 rings (SSSR count). The molecular formula is C55H68F12N6O5. The number of carbonyl (C=O) groups is 2. The van der Waals surface area contributed by atoms with Crippen LogP contribution >= 0.6 is 0 Å². The van der Waals surface area contributed by atoms with E-state index in [1.807, 2.05) is 65.4 Å². The van der Waals surface area contributed by atoms with E-state index < -0.39 is 59.0 Å². The summed E-state index contributed by atoms with van der Waals surface area (Å²) in [6.07, 6.45) is -17.1. The number of carbonyl (C=O) groups excluding carboxylic acids is 2. The average Bonchev–Trinajstić information content (AvgIpc) is 3.42. The Kier molecular flexibility index (Phi) is 23.0. The van der Waals surface area contributed by atoms with Crippen molar-refractivity contribution in [2.45, 2.75) is 87.4 Å². The zero-order valence-corrected chi connectivity index (χ0v) is 43.7. The number of piperidine rings is 2. The summed E-state index contributed by atoms with van der Waals surface area (Å²) in [5, 5.41) is 27.9. The first-order chi connectivity index (χ1) is 36.7. The molecule has 432 valence electrons. The van der Waals surface area contributed by atoms with Crippen molar-refractivity contribution in [1.82, 2.24) is 29.4 Å². The average molecular weight is 1120 g/mol. The zero-order chi connectivity index (χ0) is 57.6. The molecule has 11 nitrogen and oxygen atoms in total. The van der Waals surface area contributed by atoms with Crippen LogP contribution in [0.25, 0.3) is 0 Å². The second-order valence-corrected chi connectivity index (χ2v) is 19.7. The van der Waals surface area contributed by atoms with Crippen LogP contribution in [0.15, 0.2) is 97.1 Å². The highest BCUT2D eigenvalue weighted by Crippen LogP contribution is 2.39. The maximum atomic E-state index is 13.7. The fourth-order valence-electron chi connectivity index (χ4n) is 10.0. The van der Waals surface area contributed by atoms with E-state index in [1.165, 1.54) is 23.9 Å². The molecule has 0 unspecified atom stereocenters. The number of rotatable bonds is 20. The summed E-state index contributed by atoms with van der Waals surface area (Å²) in [6, 6.07) is 20.3. The third kappa shape index (κ3) is 18.1. The summed E-state index contributed by atoms with van der Waals surface area (Å²) >= 11 is 0. The molecule has 0 radical (unpaired) electrons. The molecule has 2 fully saturated rings. The number of halogens is 12. The van der Waals surface area contributed by atoms with Gasteiger partial charge in [0.1, 0.15) is 12.1 Å². The highest BCUT2D eigenvalue weighted by atomic mass is 19.4. The van der Waals surface area contributed by atoms with E-state index >= 15 is 0 Å². The third-order valence-corrected chi connectivity index (χ3v) is 14.3. The Morgan fingerprint density at radius 3 is 1.08 bits per heavy atom. The SMILES string of the molecule is CN(CCc1cc(C(F)(F)F)cc(C(F)(F)F)c1)C(=O)[C@H](c1ccccc1)N1CCC(N(C)CCO)CC1.CN(CCc1cc(C(F)(F)F)cc(C(F)(F)F)c1)C(=O)[C@H](c1ccccc1)N1CCC(N(CCO)CCO)CC1. The molecule has 0 aliphatic carbocycles. The Balaban J connectivity index is 0.000000288. The predicted molar refractivity (Wildman–Crippen MR) is 269 cm³/mol. The summed E-state index contributed by atoms with van der Waals surface area (Å²) in [7, 11) is 4.95. The predicted octanol–water partition coefficient (Wildman–Crippen LogP) is 9.07. The van der Waals surface area contributed by atoms with Crippen molar-refractivity contribution in [3.8, 4) is 0 Å². The van der Waals surface area contributed by atoms with Gasteiger partial charge in [-0.25, -0.2) is 0 Å². The van der Waals surface area contributed by atoms with Crippen LogP contribution < -0.4 is 0 Å². The van der Waals surface area contributed by atoms with E-state index in [-0.39, 0.29) is 92.9 Å². The first kappa shape index (κ1) is 63.5. The normalized spacial score (nSPS) is 16.5. The summed E-state index contributed by atoms with van der Waals surface area (Å²) in [6.45, 7) is 3.65. The molecule has 2 atom stereocenters. The van der Waals surface area contributed by atoms with Gasteiger partial charge in [-0.15, -0.1) is 0 Å². The first-order valence-corrected chi connectivity index (χ1v) is 25.6. The molecule has 78 heavy (non-hydrogen) atoms. The number of hydrogen-bond acceptors (Lipinski definition) is 9. The maximum absolute atomic E-state index is 13.7. The summed E-state index contributed by atoms with van der Waals surface area (Å²) < 4.78 is 159. The number of alkyl halides is 12. The monoisotopic (exact) mass is 1120 g/mol. The van der Waals surface area contributed by atoms with Crippen LogP contribution in [0.4, 0.5) is 52.7 Å². The molecule has 23 heteroatoms. The smallest absolute Gasteiger partial charge is 0.395 e. The molecule has 2 aliphatic heterocycles. The van der Waals surface area contributed by atoms with Gasteiger partial charge in [-0.2, -0.15) is 52.7 Å². The number of benzene rings is 4. The van der Waals surface area contributed by atoms with Gasteiger partial charge < -0.3 is 30.0 Å². The molecule has 2 heterocycles. The minimum atomic E-state index is -4.94. The Hall–Kier alpha value is -5.30. The molecule has 0 saturated carbocycles. The van der Waals surface area contributed by atoms with Gasteiger partial charge in [-0.05, 0) is 104 Å². The summed E-state index contributed by atoms with van der Waals surface area (Å²) in [5.74, 6) is -0.586. The fraction of sp³-hybridized carbons (Fsp3) is 0.527. The van der Waals surface area contributed by atoms with Gasteiger partial charge in [-0.1, -0.05) is 60.7 Å². The molecule has 2 saturated heterocycles. The molecule has 2 aliphatic rings. The van der Waals surface area contributed by atoms with Crippen molar-refractivity contribution < 1.29 is 77.6 Å². The van der Waals surface area contributed by atoms with Crippen LogP contribution in [0.1, 0.15) is 82.3 Å². The highest BCUT2D eigenvalue weighted by Gasteiger charge is 2.40. The molecule has 4 aromatic rings. The van der Waals surface area contributed by atoms with Crippen molar-refractivity contribution in [2.75, 3.05) is 99.9 Å². The number of aliphatic hydroxyl groups excluding tert-OH is 3. The summed E-state index contributed by atoms with van der Waals surface area (Å²) in [4.78, 5) is 38.2. The maximum Gasteiger partial charge on any atom is 0.416 e. The van der Waals surface area contributed by atoms with Crippen LogP contribution in [0.2, 0.25) is 0 Å². The largest absolute Gasteiger partial charge is 0.416 e. The number of hydrogen-bond donors (Lipinski definition) is 3. The molecule has 0 bridgehead atoms. The second-order valence-electron chi connectivity index (χ2n) is 19.7. The lowest BCUT2D eigenvalue weighted by Crippen LogP contribution is -2.50. The van der Waals surface area contributed by atoms with Crippen molar-refractivity contribution in [3.63, 3.8) is 0 Å². The van der Waals surface area contributed by atoms with E-state index in [9.17, 15) is 77.6 Å². The van der Waals surface area contributed by atoms with Crippen LogP contribution in [0, 0.1) is 0 Å². The molecular weight excluding hydrogens is 1050 g/mol. The van der Waals surface area contributed by atoms with E-state index in [1.54, 1.807) is 12.1 Å². The third-order valence-electron chi connectivity index (χ3n) is 14.3. The van der Waals surface area contributed by atoms with Crippen molar-refractivity contribution in [3.05, 3.63) is 142 Å². The van der Waals surface area contributed by atoms with Gasteiger partial charge in [0.05, 0.1) is 42.1 Å². The Bertz CT molecular complexity index is 2410. The number of amides is 2. The quantitative estimate of drug-likeness (QED) is 0.0747. The first-order valence-electron chi connectivity index (χ1n) is 25.6. The number of nitrogens with zero attached hydrogens (tertiary/aromatic N) is 6. The Morgan fingerprint density at radius 2 is 0.782 bits per heavy atom. The van der Waals surface area contributed by atoms with Gasteiger partial charge >= 0.3 is 24.7 Å². The zero-order valence-electron chi connectivity index (χ0n) is 43.7. The van der Waals surface area contributed by atoms with Gasteiger partial charge in [0.15, 0.2) is 0 Å². The number of likely N-dealkylation sites (tertiary alicyclic amines) is 2. The van der Waals surface area contributed by atoms with Crippen molar-refractivity contribution in [1.29, 1.82) is 0 Å². The topological polar surface area (TPSA) is 114 Å². The lowest BCUT2D eigenvalue weighted by Gasteiger charge is -2.41. The van der Waals surface area contributed by atoms with Crippen molar-refractivity contribution in [2.24, 2.45) is 0 Å². The van der Waals surface area contributed by atoms with Crippen LogP contribution in [0.3, 0.4) is 0 Å². The van der Waals surface area contributed by atoms with Crippen molar-refractivity contribution >= 4 is 11.8 Å². The van der Waals surface area contributed by atoms with Crippen LogP contribution in [-0.4, -0.2) is 168 Å². The number of likely N-dealkylation sites (N-methyl/N-ethyl adjacent to an activating group) is 3. The molecule has 4 aromatic carbocycles. The van der Waals surface area contributed by atoms with E-state index in [4.69, 9.17) is 0 Å². The van der Waals surface area contributed by atoms with Gasteiger partial charge in [0.25, 0.3) is 0 Å². The number of aliphatic hydroxyl groups is 3. The van der Waals surface area contributed by atoms with Crippen LogP contribution in [0.5, 0.6) is 0 Å².